The minimum Gasteiger partial charge on any atom is -0.443 e. The number of nitrogens with one attached hydrogen (secondary N) is 2. The fraction of sp³-hybridized carbons (Fsp3) is 0.364. The predicted octanol–water partition coefficient (Wildman–Crippen LogP) is 2.57. The first-order chi connectivity index (χ1) is 7.26. The Morgan fingerprint density at radius 3 is 2.31 bits per heavy atom. The summed E-state index contributed by atoms with van der Waals surface area (Å²) in [6.45, 7) is 11.7. The number of allylic oxidation sites excluding steroid dienone is 3. The average molecular weight is 228 g/mol. The molecule has 16 heavy (non-hydrogen) atoms. The minimum absolute atomic E-state index is 0.0147. The van der Waals surface area contributed by atoms with E-state index in [9.17, 15) is 9.18 Å². The van der Waals surface area contributed by atoms with Crippen LogP contribution in [0.3, 0.4) is 0 Å². The van der Waals surface area contributed by atoms with Crippen molar-refractivity contribution in [3.63, 3.8) is 0 Å². The topological polar surface area (TPSA) is 50.4 Å². The van der Waals surface area contributed by atoms with Gasteiger partial charge in [-0.3, -0.25) is 5.43 Å². The zero-order chi connectivity index (χ0) is 12.8. The number of carbonyl (C=O) groups excluding carboxylic acids is 1. The summed E-state index contributed by atoms with van der Waals surface area (Å²) >= 11 is 0. The van der Waals surface area contributed by atoms with Crippen molar-refractivity contribution >= 4 is 6.09 Å². The molecule has 0 aromatic rings. The lowest BCUT2D eigenvalue weighted by molar-refractivity contribution is 0.0506. The summed E-state index contributed by atoms with van der Waals surface area (Å²) in [6, 6.07) is 0. The zero-order valence-electron chi connectivity index (χ0n) is 9.76. The highest BCUT2D eigenvalue weighted by Gasteiger charge is 2.16. The van der Waals surface area contributed by atoms with Gasteiger partial charge in [0.25, 0.3) is 0 Å². The van der Waals surface area contributed by atoms with Crippen LogP contribution in [-0.2, 0) is 4.74 Å². The predicted molar refractivity (Wildman–Crippen MR) is 61.0 cm³/mol. The number of carbonyl (C=O) groups is 1. The number of hydrogen-bond acceptors (Lipinski definition) is 3. The van der Waals surface area contributed by atoms with E-state index in [1.807, 2.05) is 0 Å². The molecule has 0 saturated carbocycles. The van der Waals surface area contributed by atoms with Gasteiger partial charge in [0, 0.05) is 0 Å². The molecule has 2 N–H and O–H groups in total. The fourth-order valence-electron chi connectivity index (χ4n) is 0.740. The van der Waals surface area contributed by atoms with Gasteiger partial charge >= 0.3 is 6.09 Å². The zero-order valence-corrected chi connectivity index (χ0v) is 9.76. The lowest BCUT2D eigenvalue weighted by atomic mass is 10.2. The average Bonchev–Trinajstić information content (AvgIpc) is 2.08. The maximum Gasteiger partial charge on any atom is 0.426 e. The third-order valence-electron chi connectivity index (χ3n) is 1.27. The van der Waals surface area contributed by atoms with Crippen molar-refractivity contribution < 1.29 is 13.9 Å². The fourth-order valence-corrected chi connectivity index (χ4v) is 0.740. The first-order valence-corrected chi connectivity index (χ1v) is 4.69. The second-order valence-corrected chi connectivity index (χ2v) is 3.97. The molecule has 0 atom stereocenters. The van der Waals surface area contributed by atoms with E-state index in [1.54, 1.807) is 20.8 Å². The molecule has 0 rings (SSSR count). The third-order valence-corrected chi connectivity index (χ3v) is 1.27. The first-order valence-electron chi connectivity index (χ1n) is 4.69. The van der Waals surface area contributed by atoms with Crippen LogP contribution in [0.1, 0.15) is 20.8 Å². The van der Waals surface area contributed by atoms with Gasteiger partial charge < -0.3 is 4.74 Å². The van der Waals surface area contributed by atoms with E-state index in [2.05, 4.69) is 24.0 Å². The number of halogens is 1. The van der Waals surface area contributed by atoms with Crippen molar-refractivity contribution in [3.8, 4) is 0 Å². The van der Waals surface area contributed by atoms with Gasteiger partial charge in [-0.2, -0.15) is 0 Å². The Labute approximate surface area is 94.8 Å². The van der Waals surface area contributed by atoms with Crippen LogP contribution >= 0.6 is 0 Å². The van der Waals surface area contributed by atoms with E-state index in [4.69, 9.17) is 4.74 Å². The van der Waals surface area contributed by atoms with Crippen molar-refractivity contribution in [2.75, 3.05) is 0 Å². The largest absolute Gasteiger partial charge is 0.443 e. The van der Waals surface area contributed by atoms with Gasteiger partial charge in [-0.25, -0.2) is 14.6 Å². The molecule has 90 valence electrons. The number of ether oxygens (including phenoxy) is 1. The lowest BCUT2D eigenvalue weighted by Crippen LogP contribution is -2.40. The molecule has 0 heterocycles. The van der Waals surface area contributed by atoms with Crippen molar-refractivity contribution in [2.24, 2.45) is 0 Å². The Morgan fingerprint density at radius 2 is 1.94 bits per heavy atom. The van der Waals surface area contributed by atoms with Gasteiger partial charge in [0.1, 0.15) is 11.4 Å². The summed E-state index contributed by atoms with van der Waals surface area (Å²) in [5.74, 6) is -0.712. The molecule has 4 nitrogen and oxygen atoms in total. The maximum atomic E-state index is 12.8. The Balaban J connectivity index is 4.23. The smallest absolute Gasteiger partial charge is 0.426 e. The summed E-state index contributed by atoms with van der Waals surface area (Å²) in [5, 5.41) is 0. The SMILES string of the molecule is C=C/C=C(/NNC(=O)OC(C)(C)C)C(=C)F. The van der Waals surface area contributed by atoms with Crippen LogP contribution in [0.2, 0.25) is 0 Å². The maximum absolute atomic E-state index is 12.8. The number of hydrazine groups is 1. The number of rotatable bonds is 4. The van der Waals surface area contributed by atoms with E-state index in [0.717, 1.165) is 0 Å². The van der Waals surface area contributed by atoms with Crippen LogP contribution in [0.25, 0.3) is 0 Å². The monoisotopic (exact) mass is 228 g/mol. The van der Waals surface area contributed by atoms with E-state index in [0.29, 0.717) is 0 Å². The van der Waals surface area contributed by atoms with Crippen LogP contribution < -0.4 is 10.9 Å². The summed E-state index contributed by atoms with van der Waals surface area (Å²) in [4.78, 5) is 11.2. The molecule has 5 heteroatoms. The van der Waals surface area contributed by atoms with Crippen molar-refractivity contribution in [1.82, 2.24) is 10.9 Å². The summed E-state index contributed by atoms with van der Waals surface area (Å²) in [6.07, 6.45) is 1.99. The standard InChI is InChI=1S/C11H17FN2O2/c1-6-7-9(8(2)12)13-14-10(15)16-11(3,4)5/h6-7,13H,1-2H2,3-5H3,(H,14,15)/b9-7+. The molecule has 0 unspecified atom stereocenters. The van der Waals surface area contributed by atoms with E-state index < -0.39 is 17.5 Å². The first kappa shape index (κ1) is 14.2. The summed E-state index contributed by atoms with van der Waals surface area (Å²) < 4.78 is 17.7. The van der Waals surface area contributed by atoms with Gasteiger partial charge in [0.2, 0.25) is 0 Å². The van der Waals surface area contributed by atoms with Crippen LogP contribution in [0.4, 0.5) is 9.18 Å². The number of amides is 1. The Morgan fingerprint density at radius 1 is 1.38 bits per heavy atom. The van der Waals surface area contributed by atoms with Gasteiger partial charge in [-0.15, -0.1) is 0 Å². The molecule has 0 fully saturated rings. The summed E-state index contributed by atoms with van der Waals surface area (Å²) in [7, 11) is 0. The Hall–Kier alpha value is -1.78. The molecule has 0 spiro atoms. The van der Waals surface area contributed by atoms with Crippen LogP contribution in [0, 0.1) is 0 Å². The van der Waals surface area contributed by atoms with Gasteiger partial charge in [-0.05, 0) is 26.8 Å². The minimum atomic E-state index is -0.712. The Kier molecular flexibility index (Phi) is 5.29. The molecule has 1 amide bonds. The molecule has 0 bridgehead atoms. The second kappa shape index (κ2) is 5.95. The highest BCUT2D eigenvalue weighted by atomic mass is 19.1. The highest BCUT2D eigenvalue weighted by molar-refractivity contribution is 5.67. The van der Waals surface area contributed by atoms with E-state index >= 15 is 0 Å². The quantitative estimate of drug-likeness (QED) is 0.574. The van der Waals surface area contributed by atoms with Gasteiger partial charge in [0.15, 0.2) is 0 Å². The molecule has 0 aliphatic rings. The van der Waals surface area contributed by atoms with Crippen molar-refractivity contribution in [1.29, 1.82) is 0 Å². The van der Waals surface area contributed by atoms with Crippen LogP contribution in [0.5, 0.6) is 0 Å². The lowest BCUT2D eigenvalue weighted by Gasteiger charge is -2.20. The van der Waals surface area contributed by atoms with Gasteiger partial charge in [-0.1, -0.05) is 19.2 Å². The third kappa shape index (κ3) is 6.64. The molecule has 0 aromatic carbocycles. The van der Waals surface area contributed by atoms with E-state index in [-0.39, 0.29) is 5.70 Å². The normalized spacial score (nSPS) is 11.6. The second-order valence-electron chi connectivity index (χ2n) is 3.97. The van der Waals surface area contributed by atoms with E-state index in [1.165, 1.54) is 12.2 Å². The van der Waals surface area contributed by atoms with Crippen molar-refractivity contribution in [2.45, 2.75) is 26.4 Å². The molecular formula is C11H17FN2O2. The van der Waals surface area contributed by atoms with Crippen LogP contribution in [0.15, 0.2) is 36.8 Å². The number of hydrogen-bond donors (Lipinski definition) is 2. The molecule has 0 aliphatic heterocycles. The molecule has 0 saturated heterocycles. The molecular weight excluding hydrogens is 211 g/mol. The van der Waals surface area contributed by atoms with Crippen LogP contribution in [-0.4, -0.2) is 11.7 Å². The van der Waals surface area contributed by atoms with Gasteiger partial charge in [0.05, 0.1) is 5.70 Å². The molecule has 0 radical (unpaired) electrons. The molecule has 0 aliphatic carbocycles. The highest BCUT2D eigenvalue weighted by Crippen LogP contribution is 2.07. The van der Waals surface area contributed by atoms with Crippen molar-refractivity contribution in [3.05, 3.63) is 36.8 Å². The Bertz CT molecular complexity index is 316. The molecule has 0 aromatic heterocycles. The summed E-state index contributed by atoms with van der Waals surface area (Å²) in [5.41, 5.74) is 3.91.